The van der Waals surface area contributed by atoms with Crippen molar-refractivity contribution in [2.75, 3.05) is 0 Å². The molecule has 96 valence electrons. The van der Waals surface area contributed by atoms with Gasteiger partial charge in [0.1, 0.15) is 11.7 Å². The zero-order valence-electron chi connectivity index (χ0n) is 10.4. The van der Waals surface area contributed by atoms with Gasteiger partial charge in [-0.25, -0.2) is 0 Å². The molecule has 0 bridgehead atoms. The smallest absolute Gasteiger partial charge is 0.312 e. The summed E-state index contributed by atoms with van der Waals surface area (Å²) in [5, 5.41) is 10.1. The Labute approximate surface area is 114 Å². The fourth-order valence-corrected chi connectivity index (χ4v) is 2.77. The van der Waals surface area contributed by atoms with E-state index in [2.05, 4.69) is 15.9 Å². The molecule has 5 heteroatoms. The highest BCUT2D eigenvalue weighted by Gasteiger charge is 2.29. The molecule has 0 spiro atoms. The SMILES string of the molecule is CC(C(=O)OC(C)(C)C)C(O)c1ccc(Br)s1. The molecule has 3 nitrogen and oxygen atoms in total. The Morgan fingerprint density at radius 1 is 1.47 bits per heavy atom. The van der Waals surface area contributed by atoms with Crippen LogP contribution >= 0.6 is 27.3 Å². The number of aliphatic hydroxyl groups is 1. The third kappa shape index (κ3) is 4.41. The number of halogens is 1. The zero-order valence-corrected chi connectivity index (χ0v) is 12.8. The number of thiophene rings is 1. The Balaban J connectivity index is 2.70. The van der Waals surface area contributed by atoms with Gasteiger partial charge in [0.05, 0.1) is 9.70 Å². The summed E-state index contributed by atoms with van der Waals surface area (Å²) in [7, 11) is 0. The maximum absolute atomic E-state index is 11.8. The minimum Gasteiger partial charge on any atom is -0.460 e. The quantitative estimate of drug-likeness (QED) is 0.867. The molecule has 2 atom stereocenters. The number of carbonyl (C=O) groups is 1. The van der Waals surface area contributed by atoms with E-state index in [-0.39, 0.29) is 5.97 Å². The van der Waals surface area contributed by atoms with Gasteiger partial charge in [0, 0.05) is 4.88 Å². The summed E-state index contributed by atoms with van der Waals surface area (Å²) in [5.41, 5.74) is -0.527. The first kappa shape index (κ1) is 14.7. The number of aliphatic hydroxyl groups excluding tert-OH is 1. The molecule has 0 saturated carbocycles. The van der Waals surface area contributed by atoms with E-state index in [1.165, 1.54) is 11.3 Å². The summed E-state index contributed by atoms with van der Waals surface area (Å²) < 4.78 is 6.18. The number of rotatable bonds is 3. The van der Waals surface area contributed by atoms with Crippen molar-refractivity contribution >= 4 is 33.2 Å². The van der Waals surface area contributed by atoms with Crippen LogP contribution in [0.1, 0.15) is 38.7 Å². The molecule has 0 aliphatic heterocycles. The highest BCUT2D eigenvalue weighted by molar-refractivity contribution is 9.11. The van der Waals surface area contributed by atoms with Crippen LogP contribution in [0.15, 0.2) is 15.9 Å². The Hall–Kier alpha value is -0.390. The lowest BCUT2D eigenvalue weighted by molar-refractivity contribution is -0.163. The fourth-order valence-electron chi connectivity index (χ4n) is 1.26. The van der Waals surface area contributed by atoms with Crippen molar-refractivity contribution in [3.05, 3.63) is 20.8 Å². The van der Waals surface area contributed by atoms with Crippen LogP contribution in [0.3, 0.4) is 0 Å². The molecule has 1 rings (SSSR count). The van der Waals surface area contributed by atoms with Gasteiger partial charge in [-0.2, -0.15) is 0 Å². The molecule has 0 aliphatic carbocycles. The average Bonchev–Trinajstić information content (AvgIpc) is 2.60. The van der Waals surface area contributed by atoms with E-state index >= 15 is 0 Å². The number of esters is 1. The van der Waals surface area contributed by atoms with Gasteiger partial charge in [0.15, 0.2) is 0 Å². The van der Waals surface area contributed by atoms with Crippen LogP contribution in [-0.2, 0) is 9.53 Å². The standard InChI is InChI=1S/C12H17BrO3S/c1-7(11(15)16-12(2,3)4)10(14)8-5-6-9(13)17-8/h5-7,10,14H,1-4H3. The maximum Gasteiger partial charge on any atom is 0.312 e. The number of ether oxygens (including phenoxy) is 1. The van der Waals surface area contributed by atoms with Crippen LogP contribution in [0.25, 0.3) is 0 Å². The minimum atomic E-state index is -0.818. The summed E-state index contributed by atoms with van der Waals surface area (Å²) in [6, 6.07) is 3.66. The monoisotopic (exact) mass is 320 g/mol. The summed E-state index contributed by atoms with van der Waals surface area (Å²) in [4.78, 5) is 12.6. The highest BCUT2D eigenvalue weighted by Crippen LogP contribution is 2.32. The third-order valence-corrected chi connectivity index (χ3v) is 3.83. The molecule has 0 radical (unpaired) electrons. The second kappa shape index (κ2) is 5.50. The van der Waals surface area contributed by atoms with E-state index in [4.69, 9.17) is 4.74 Å². The van der Waals surface area contributed by atoms with Crippen molar-refractivity contribution in [3.8, 4) is 0 Å². The van der Waals surface area contributed by atoms with Crippen LogP contribution in [0.4, 0.5) is 0 Å². The molecule has 0 aliphatic rings. The van der Waals surface area contributed by atoms with Gasteiger partial charge >= 0.3 is 5.97 Å². The topological polar surface area (TPSA) is 46.5 Å². The summed E-state index contributed by atoms with van der Waals surface area (Å²) in [6.07, 6.45) is -0.818. The summed E-state index contributed by atoms with van der Waals surface area (Å²) in [6.45, 7) is 7.11. The van der Waals surface area contributed by atoms with Crippen LogP contribution in [0.2, 0.25) is 0 Å². The van der Waals surface area contributed by atoms with Gasteiger partial charge < -0.3 is 9.84 Å². The second-order valence-corrected chi connectivity index (χ2v) is 7.40. The molecule has 1 heterocycles. The summed E-state index contributed by atoms with van der Waals surface area (Å²) in [5.74, 6) is -0.950. The normalized spacial score (nSPS) is 15.4. The van der Waals surface area contributed by atoms with Gasteiger partial charge in [0.2, 0.25) is 0 Å². The largest absolute Gasteiger partial charge is 0.460 e. The summed E-state index contributed by atoms with van der Waals surface area (Å²) >= 11 is 4.75. The molecule has 0 amide bonds. The van der Waals surface area contributed by atoms with E-state index in [0.717, 1.165) is 8.66 Å². The van der Waals surface area contributed by atoms with E-state index < -0.39 is 17.6 Å². The molecule has 0 aromatic carbocycles. The molecule has 1 aromatic heterocycles. The van der Waals surface area contributed by atoms with Gasteiger partial charge in [-0.1, -0.05) is 0 Å². The van der Waals surface area contributed by atoms with Crippen molar-refractivity contribution in [1.29, 1.82) is 0 Å². The van der Waals surface area contributed by atoms with Crippen LogP contribution in [0.5, 0.6) is 0 Å². The number of carbonyl (C=O) groups excluding carboxylic acids is 1. The first-order chi connectivity index (χ1) is 7.70. The minimum absolute atomic E-state index is 0.380. The molecule has 0 fully saturated rings. The Morgan fingerprint density at radius 2 is 2.06 bits per heavy atom. The maximum atomic E-state index is 11.8. The first-order valence-corrected chi connectivity index (χ1v) is 6.98. The molecular weight excluding hydrogens is 304 g/mol. The van der Waals surface area contributed by atoms with Gasteiger partial charge in [0.25, 0.3) is 0 Å². The van der Waals surface area contributed by atoms with Crippen molar-refractivity contribution < 1.29 is 14.6 Å². The third-order valence-electron chi connectivity index (χ3n) is 2.14. The van der Waals surface area contributed by atoms with Crippen molar-refractivity contribution in [2.24, 2.45) is 5.92 Å². The molecule has 1 N–H and O–H groups in total. The Morgan fingerprint density at radius 3 is 2.47 bits per heavy atom. The van der Waals surface area contributed by atoms with E-state index in [0.29, 0.717) is 0 Å². The fraction of sp³-hybridized carbons (Fsp3) is 0.583. The predicted octanol–water partition coefficient (Wildman–Crippen LogP) is 3.52. The van der Waals surface area contributed by atoms with Gasteiger partial charge in [-0.3, -0.25) is 4.79 Å². The number of hydrogen-bond acceptors (Lipinski definition) is 4. The van der Waals surface area contributed by atoms with Crippen LogP contribution < -0.4 is 0 Å². The number of hydrogen-bond donors (Lipinski definition) is 1. The predicted molar refractivity (Wildman–Crippen MR) is 72.0 cm³/mol. The highest BCUT2D eigenvalue weighted by atomic mass is 79.9. The lowest BCUT2D eigenvalue weighted by Gasteiger charge is -2.24. The molecular formula is C12H17BrO3S. The Kier molecular flexibility index (Phi) is 4.75. The van der Waals surface area contributed by atoms with E-state index in [1.807, 2.05) is 26.8 Å². The zero-order chi connectivity index (χ0) is 13.2. The lowest BCUT2D eigenvalue weighted by Crippen LogP contribution is -2.30. The molecule has 1 aromatic rings. The van der Waals surface area contributed by atoms with Crippen molar-refractivity contribution in [1.82, 2.24) is 0 Å². The van der Waals surface area contributed by atoms with E-state index in [9.17, 15) is 9.90 Å². The van der Waals surface area contributed by atoms with Crippen molar-refractivity contribution in [3.63, 3.8) is 0 Å². The second-order valence-electron chi connectivity index (χ2n) is 4.91. The molecule has 0 saturated heterocycles. The Bertz CT molecular complexity index is 395. The first-order valence-electron chi connectivity index (χ1n) is 5.37. The van der Waals surface area contributed by atoms with Gasteiger partial charge in [-0.05, 0) is 55.8 Å². The lowest BCUT2D eigenvalue weighted by atomic mass is 10.0. The van der Waals surface area contributed by atoms with Crippen LogP contribution in [-0.4, -0.2) is 16.7 Å². The van der Waals surface area contributed by atoms with Crippen molar-refractivity contribution in [2.45, 2.75) is 39.4 Å². The van der Waals surface area contributed by atoms with E-state index in [1.54, 1.807) is 13.0 Å². The molecule has 2 unspecified atom stereocenters. The molecule has 17 heavy (non-hydrogen) atoms. The van der Waals surface area contributed by atoms with Crippen LogP contribution in [0, 0.1) is 5.92 Å². The average molecular weight is 321 g/mol. The van der Waals surface area contributed by atoms with Gasteiger partial charge in [-0.15, -0.1) is 11.3 Å².